The Hall–Kier alpha value is 1.12. The van der Waals surface area contributed by atoms with Crippen LogP contribution in [0.15, 0.2) is 0 Å². The average Bonchev–Trinajstić information content (AvgIpc) is 1.30. The maximum atomic E-state index is 10.2. The fourth-order valence-electron chi connectivity index (χ4n) is 0.207. The van der Waals surface area contributed by atoms with E-state index < -0.39 is 7.52 Å². The second-order valence-corrected chi connectivity index (χ2v) is 3.36. The Morgan fingerprint density at radius 3 is 2.11 bits per heavy atom. The molecule has 2 N–H and O–H groups in total. The van der Waals surface area contributed by atoms with E-state index in [1.54, 1.807) is 0 Å². The molecule has 9 heavy (non-hydrogen) atoms. The topological polar surface area (TPSA) is 49.3 Å². The molecule has 1 unspecified atom stereocenters. The second kappa shape index (κ2) is 7.23. The zero-order chi connectivity index (χ0) is 5.91. The van der Waals surface area contributed by atoms with E-state index in [0.29, 0.717) is 6.54 Å². The van der Waals surface area contributed by atoms with Crippen LogP contribution in [-0.4, -0.2) is 18.1 Å². The third-order valence-electron chi connectivity index (χ3n) is 0.405. The smallest absolute Gasteiger partial charge is 0.261 e. The Labute approximate surface area is 82.0 Å². The van der Waals surface area contributed by atoms with E-state index >= 15 is 0 Å². The molecule has 0 aliphatic carbocycles. The Morgan fingerprint density at radius 2 is 2.11 bits per heavy atom. The predicted molar refractivity (Wildman–Crippen MR) is 35.5 cm³/mol. The zero-order valence-corrected chi connectivity index (χ0v) is 9.53. The molecule has 0 aromatic carbocycles. The minimum Gasteiger partial charge on any atom is -0.334 e. The summed E-state index contributed by atoms with van der Waals surface area (Å²) >= 11 is 0. The van der Waals surface area contributed by atoms with Crippen molar-refractivity contribution in [1.82, 2.24) is 5.09 Å². The van der Waals surface area contributed by atoms with Gasteiger partial charge in [-0.05, 0) is 0 Å². The summed E-state index contributed by atoms with van der Waals surface area (Å²) in [5, 5.41) is 2.28. The van der Waals surface area contributed by atoms with E-state index in [9.17, 15) is 4.57 Å². The van der Waals surface area contributed by atoms with Crippen LogP contribution in [0.1, 0.15) is 0 Å². The summed E-state index contributed by atoms with van der Waals surface area (Å²) < 4.78 is 10.2. The van der Waals surface area contributed by atoms with E-state index in [1.807, 2.05) is 0 Å². The Balaban J connectivity index is -0.000000180. The van der Waals surface area contributed by atoms with Gasteiger partial charge in [-0.3, -0.25) is 9.65 Å². The van der Waals surface area contributed by atoms with Gasteiger partial charge in [0.05, 0.1) is 0 Å². The van der Waals surface area contributed by atoms with E-state index in [0.717, 1.165) is 0 Å². The van der Waals surface area contributed by atoms with Gasteiger partial charge in [-0.1, -0.05) is 0 Å². The summed E-state index contributed by atoms with van der Waals surface area (Å²) in [6, 6.07) is 0. The van der Waals surface area contributed by atoms with Gasteiger partial charge in [-0.25, -0.2) is 0 Å². The quantitative estimate of drug-likeness (QED) is 0.537. The maximum absolute atomic E-state index is 10.2. The van der Waals surface area contributed by atoms with Crippen molar-refractivity contribution < 1.29 is 42.2 Å². The normalized spacial score (nSPS) is 14.6. The van der Waals surface area contributed by atoms with Crippen molar-refractivity contribution in [3.8, 4) is 0 Å². The molecule has 53 valence electrons. The molecule has 5 heteroatoms. The first kappa shape index (κ1) is 16.6. The number of hydrogen-bond acceptors (Lipinski definition) is 1. The van der Waals surface area contributed by atoms with Gasteiger partial charge >= 0.3 is 0 Å². The van der Waals surface area contributed by atoms with Gasteiger partial charge in [-0.15, -0.1) is 6.54 Å². The van der Waals surface area contributed by atoms with Gasteiger partial charge in [-0.2, -0.15) is 0 Å². The fourth-order valence-corrected chi connectivity index (χ4v) is 0.622. The first-order valence-corrected chi connectivity index (χ1v) is 4.01. The van der Waals surface area contributed by atoms with Crippen LogP contribution in [0, 0.1) is 14.4 Å². The molecule has 0 aliphatic rings. The molecule has 0 spiro atoms. The molecule has 0 heterocycles. The molecule has 3 nitrogen and oxygen atoms in total. The number of rotatable bonds is 2. The molecule has 0 saturated carbocycles. The largest absolute Gasteiger partial charge is 0.334 e. The summed E-state index contributed by atoms with van der Waals surface area (Å²) in [6.45, 7) is 4.86. The molecule has 0 fully saturated rings. The van der Waals surface area contributed by atoms with Crippen molar-refractivity contribution in [1.29, 1.82) is 0 Å². The number of nitrogens with one attached hydrogen (secondary N) is 1. The van der Waals surface area contributed by atoms with Gasteiger partial charge in [0.25, 0.3) is 7.52 Å². The first-order valence-electron chi connectivity index (χ1n) is 1.91. The standard InChI is InChI=1S/C3H9NO2P.CH3.Y/c1-3-4-7(2,5)6;;/h1,3H2,2H3,(H2,4,5,6);1H3;/q-1;+1;. The van der Waals surface area contributed by atoms with Crippen LogP contribution in [0.5, 0.6) is 0 Å². The molecule has 0 bridgehead atoms. The molecular weight excluding hydrogens is 214 g/mol. The van der Waals surface area contributed by atoms with Crippen LogP contribution >= 0.6 is 7.52 Å². The molecule has 0 saturated heterocycles. The minimum atomic E-state index is -2.98. The van der Waals surface area contributed by atoms with E-state index in [2.05, 4.69) is 12.0 Å². The van der Waals surface area contributed by atoms with Crippen molar-refractivity contribution in [2.75, 3.05) is 13.2 Å². The molecule has 0 aromatic heterocycles. The van der Waals surface area contributed by atoms with E-state index in [-0.39, 0.29) is 40.1 Å². The molecule has 1 atom stereocenters. The van der Waals surface area contributed by atoms with Crippen molar-refractivity contribution in [2.24, 2.45) is 0 Å². The summed E-state index contributed by atoms with van der Waals surface area (Å²) in [5.74, 6) is 0. The SMILES string of the molecule is [CH2-]CNP(C)(=O)O.[CH3+].[Y]. The molecule has 0 amide bonds. The van der Waals surface area contributed by atoms with Crippen LogP contribution in [0.2, 0.25) is 0 Å². The second-order valence-electron chi connectivity index (χ2n) is 1.29. The summed E-state index contributed by atoms with van der Waals surface area (Å²) in [6.07, 6.45) is 0. The van der Waals surface area contributed by atoms with Crippen LogP contribution < -0.4 is 5.09 Å². The Kier molecular flexibility index (Phi) is 13.3. The fraction of sp³-hybridized carbons (Fsp3) is 0.500. The van der Waals surface area contributed by atoms with Gasteiger partial charge in [0.15, 0.2) is 0 Å². The van der Waals surface area contributed by atoms with E-state index in [1.165, 1.54) is 6.66 Å². The Morgan fingerprint density at radius 1 is 1.78 bits per heavy atom. The predicted octanol–water partition coefficient (Wildman–Crippen LogP) is 0.673. The van der Waals surface area contributed by atoms with E-state index in [4.69, 9.17) is 4.89 Å². The maximum Gasteiger partial charge on any atom is 0.261 e. The van der Waals surface area contributed by atoms with Gasteiger partial charge in [0, 0.05) is 46.8 Å². The van der Waals surface area contributed by atoms with Crippen LogP contribution in [0.4, 0.5) is 0 Å². The van der Waals surface area contributed by atoms with Gasteiger partial charge < -0.3 is 11.8 Å². The Bertz CT molecular complexity index is 92.6. The zero-order valence-electron chi connectivity index (χ0n) is 5.79. The van der Waals surface area contributed by atoms with Crippen LogP contribution in [0.3, 0.4) is 0 Å². The summed E-state index contributed by atoms with van der Waals surface area (Å²) in [4.78, 5) is 8.42. The third-order valence-corrected chi connectivity index (χ3v) is 1.22. The van der Waals surface area contributed by atoms with Crippen molar-refractivity contribution in [2.45, 2.75) is 0 Å². The summed E-state index contributed by atoms with van der Waals surface area (Å²) in [7, 11) is -2.98. The van der Waals surface area contributed by atoms with Crippen molar-refractivity contribution >= 4 is 7.52 Å². The van der Waals surface area contributed by atoms with Crippen LogP contribution in [-0.2, 0) is 37.3 Å². The third kappa shape index (κ3) is 17.6. The van der Waals surface area contributed by atoms with Gasteiger partial charge in [0.1, 0.15) is 0 Å². The number of hydrogen-bond donors (Lipinski definition) is 2. The average molecular weight is 226 g/mol. The molecular formula is C4H12NO2PY. The van der Waals surface area contributed by atoms with Crippen molar-refractivity contribution in [3.63, 3.8) is 0 Å². The minimum absolute atomic E-state index is 0. The summed E-state index contributed by atoms with van der Waals surface area (Å²) in [5.41, 5.74) is 0. The first-order chi connectivity index (χ1) is 3.06. The van der Waals surface area contributed by atoms with Gasteiger partial charge in [0.2, 0.25) is 0 Å². The molecule has 0 rings (SSSR count). The van der Waals surface area contributed by atoms with Crippen LogP contribution in [0.25, 0.3) is 0 Å². The van der Waals surface area contributed by atoms with Crippen molar-refractivity contribution in [3.05, 3.63) is 14.4 Å². The monoisotopic (exact) mass is 226 g/mol. The molecule has 1 radical (unpaired) electrons. The molecule has 0 aliphatic heterocycles. The molecule has 0 aromatic rings.